The second kappa shape index (κ2) is 6.92. The quantitative estimate of drug-likeness (QED) is 0.112. The number of hydrazine groups is 2. The van der Waals surface area contributed by atoms with Crippen molar-refractivity contribution in [1.29, 1.82) is 0 Å². The van der Waals surface area contributed by atoms with Crippen molar-refractivity contribution in [2.75, 3.05) is 7.11 Å². The van der Waals surface area contributed by atoms with Crippen LogP contribution in [0.1, 0.15) is 13.3 Å². The van der Waals surface area contributed by atoms with Gasteiger partial charge in [-0.05, 0) is 6.42 Å². The van der Waals surface area contributed by atoms with Crippen LogP contribution in [0.25, 0.3) is 0 Å². The van der Waals surface area contributed by atoms with Gasteiger partial charge < -0.3 is 16.3 Å². The van der Waals surface area contributed by atoms with Crippen molar-refractivity contribution < 1.29 is 9.53 Å². The van der Waals surface area contributed by atoms with Crippen LogP contribution in [-0.2, 0) is 9.53 Å². The van der Waals surface area contributed by atoms with E-state index in [1.165, 1.54) is 7.11 Å². The Morgan fingerprint density at radius 1 is 1.64 bits per heavy atom. The number of carbonyl (C=O) groups is 1. The maximum atomic E-state index is 11.0. The largest absolute Gasteiger partial charge is 0.468 e. The van der Waals surface area contributed by atoms with E-state index in [-0.39, 0.29) is 11.9 Å². The zero-order valence-electron chi connectivity index (χ0n) is 8.20. The molecule has 0 unspecified atom stereocenters. The van der Waals surface area contributed by atoms with Gasteiger partial charge in [-0.2, -0.15) is 5.53 Å². The van der Waals surface area contributed by atoms with Crippen LogP contribution < -0.4 is 28.0 Å². The highest BCUT2D eigenvalue weighted by Crippen LogP contribution is 1.90. The zero-order chi connectivity index (χ0) is 11.0. The first-order valence-corrected chi connectivity index (χ1v) is 4.03. The predicted molar refractivity (Wildman–Crippen MR) is 51.3 cm³/mol. The Bertz CT molecular complexity index is 206. The normalized spacial score (nSPS) is 13.4. The Morgan fingerprint density at radius 2 is 2.29 bits per heavy atom. The van der Waals surface area contributed by atoms with E-state index in [0.29, 0.717) is 6.42 Å². The first-order valence-electron chi connectivity index (χ1n) is 4.03. The fraction of sp³-hybridized carbons (Fsp3) is 0.667. The summed E-state index contributed by atoms with van der Waals surface area (Å²) >= 11 is 0. The summed E-state index contributed by atoms with van der Waals surface area (Å²) in [5.74, 6) is 4.48. The van der Waals surface area contributed by atoms with Crippen molar-refractivity contribution in [3.05, 3.63) is 0 Å². The van der Waals surface area contributed by atoms with E-state index in [1.54, 1.807) is 0 Å². The third-order valence-corrected chi connectivity index (χ3v) is 1.47. The molecule has 14 heavy (non-hydrogen) atoms. The molecule has 82 valence electrons. The van der Waals surface area contributed by atoms with Crippen LogP contribution >= 0.6 is 0 Å². The number of nitrogens with one attached hydrogen (secondary N) is 3. The summed E-state index contributed by atoms with van der Waals surface area (Å²) in [6.45, 7) is 1.83. The molecule has 0 saturated heterocycles. The Morgan fingerprint density at radius 3 is 2.71 bits per heavy atom. The van der Waals surface area contributed by atoms with Gasteiger partial charge in [0.1, 0.15) is 6.04 Å². The molecular weight excluding hydrogens is 188 g/mol. The smallest absolute Gasteiger partial charge is 0.324 e. The number of ether oxygens (including phenoxy) is 1. The van der Waals surface area contributed by atoms with Gasteiger partial charge in [-0.25, -0.2) is 5.43 Å². The van der Waals surface area contributed by atoms with Crippen molar-refractivity contribution in [3.63, 3.8) is 0 Å². The number of hydrazone groups is 1. The molecule has 0 aliphatic heterocycles. The number of guanidine groups is 1. The van der Waals surface area contributed by atoms with E-state index in [1.807, 2.05) is 6.92 Å². The van der Waals surface area contributed by atoms with Crippen LogP contribution in [0.5, 0.6) is 0 Å². The van der Waals surface area contributed by atoms with E-state index in [0.717, 1.165) is 0 Å². The second-order valence-corrected chi connectivity index (χ2v) is 2.39. The van der Waals surface area contributed by atoms with Crippen LogP contribution in [0, 0.1) is 0 Å². The molecular formula is C6H16N6O2. The van der Waals surface area contributed by atoms with Crippen LogP contribution in [0.15, 0.2) is 5.10 Å². The average molecular weight is 204 g/mol. The second-order valence-electron chi connectivity index (χ2n) is 2.39. The summed E-state index contributed by atoms with van der Waals surface area (Å²) in [6.07, 6.45) is 0.570. The monoisotopic (exact) mass is 204 g/mol. The van der Waals surface area contributed by atoms with Crippen LogP contribution in [0.4, 0.5) is 0 Å². The first kappa shape index (κ1) is 12.5. The van der Waals surface area contributed by atoms with Gasteiger partial charge in [0.05, 0.1) is 7.11 Å². The summed E-state index contributed by atoms with van der Waals surface area (Å²) in [5, 5.41) is 3.14. The van der Waals surface area contributed by atoms with Crippen LogP contribution in [0.2, 0.25) is 0 Å². The molecule has 0 saturated carbocycles. The molecule has 8 nitrogen and oxygen atoms in total. The molecule has 0 aromatic rings. The number of nitrogens with two attached hydrogens (primary N) is 2. The van der Waals surface area contributed by atoms with Gasteiger partial charge in [-0.1, -0.05) is 6.92 Å². The molecule has 0 bridgehead atoms. The fourth-order valence-corrected chi connectivity index (χ4v) is 0.689. The molecule has 0 aromatic carbocycles. The molecule has 1 atom stereocenters. The van der Waals surface area contributed by atoms with Crippen molar-refractivity contribution in [1.82, 2.24) is 16.4 Å². The lowest BCUT2D eigenvalue weighted by Gasteiger charge is -2.15. The molecule has 0 aliphatic carbocycles. The van der Waals surface area contributed by atoms with Gasteiger partial charge in [-0.3, -0.25) is 10.2 Å². The molecule has 0 fully saturated rings. The summed E-state index contributed by atoms with van der Waals surface area (Å²) in [5.41, 5.74) is 12.7. The molecule has 0 amide bonds. The lowest BCUT2D eigenvalue weighted by molar-refractivity contribution is -0.143. The molecule has 7 N–H and O–H groups in total. The predicted octanol–water partition coefficient (Wildman–Crippen LogP) is -2.27. The number of nitrogens with zero attached hydrogens (tertiary/aromatic N) is 1. The SMILES string of the molecule is CC[C@H](NNN/C(N)=N/N)C(=O)OC. The zero-order valence-corrected chi connectivity index (χ0v) is 8.20. The van der Waals surface area contributed by atoms with E-state index in [4.69, 9.17) is 11.6 Å². The Hall–Kier alpha value is -1.54. The minimum absolute atomic E-state index is 0.00258. The topological polar surface area (TPSA) is 127 Å². The number of hydrogen-bond donors (Lipinski definition) is 5. The van der Waals surface area contributed by atoms with Gasteiger partial charge in [0.2, 0.25) is 5.96 Å². The summed E-state index contributed by atoms with van der Waals surface area (Å²) in [4.78, 5) is 11.0. The van der Waals surface area contributed by atoms with Crippen molar-refractivity contribution in [2.24, 2.45) is 16.7 Å². The highest BCUT2D eigenvalue weighted by molar-refractivity contribution is 5.77. The van der Waals surface area contributed by atoms with E-state index in [9.17, 15) is 4.79 Å². The Labute approximate surface area is 82.0 Å². The molecule has 0 aromatic heterocycles. The maximum Gasteiger partial charge on any atom is 0.324 e. The summed E-state index contributed by atoms with van der Waals surface area (Å²) < 4.78 is 4.53. The third kappa shape index (κ3) is 4.48. The Balaban J connectivity index is 3.79. The van der Waals surface area contributed by atoms with E-state index >= 15 is 0 Å². The van der Waals surface area contributed by atoms with Gasteiger partial charge in [0, 0.05) is 0 Å². The molecule has 0 aliphatic rings. The summed E-state index contributed by atoms with van der Waals surface area (Å²) in [7, 11) is 1.32. The lowest BCUT2D eigenvalue weighted by Crippen LogP contribution is -2.55. The standard InChI is InChI=1S/C6H16N6O2/c1-3-4(5(13)14-2)10-12-11-6(7)9-8/h4,10,12H,3,8H2,1-2H3,(H3,7,9,11)/t4-/m0/s1. The number of esters is 1. The van der Waals surface area contributed by atoms with E-state index in [2.05, 4.69) is 26.2 Å². The van der Waals surface area contributed by atoms with Crippen molar-refractivity contribution in [3.8, 4) is 0 Å². The van der Waals surface area contributed by atoms with Gasteiger partial charge >= 0.3 is 5.97 Å². The minimum Gasteiger partial charge on any atom is -0.468 e. The van der Waals surface area contributed by atoms with Gasteiger partial charge in [-0.15, -0.1) is 5.10 Å². The van der Waals surface area contributed by atoms with Crippen molar-refractivity contribution >= 4 is 11.9 Å². The summed E-state index contributed by atoms with van der Waals surface area (Å²) in [6, 6.07) is -0.460. The number of methoxy groups -OCH3 is 1. The molecule has 8 heteroatoms. The maximum absolute atomic E-state index is 11.0. The fourth-order valence-electron chi connectivity index (χ4n) is 0.689. The lowest BCUT2D eigenvalue weighted by atomic mass is 10.2. The molecule has 0 spiro atoms. The van der Waals surface area contributed by atoms with E-state index < -0.39 is 6.04 Å². The number of carbonyl (C=O) groups excluding carboxylic acids is 1. The van der Waals surface area contributed by atoms with Crippen LogP contribution in [0.3, 0.4) is 0 Å². The van der Waals surface area contributed by atoms with Gasteiger partial charge in [0.25, 0.3) is 0 Å². The Kier molecular flexibility index (Phi) is 6.16. The minimum atomic E-state index is -0.460. The highest BCUT2D eigenvalue weighted by atomic mass is 16.5. The molecule has 0 heterocycles. The molecule has 0 rings (SSSR count). The van der Waals surface area contributed by atoms with Gasteiger partial charge in [0.15, 0.2) is 0 Å². The highest BCUT2D eigenvalue weighted by Gasteiger charge is 2.15. The average Bonchev–Trinajstić information content (AvgIpc) is 2.22. The number of hydrogen-bond acceptors (Lipinski definition) is 6. The third-order valence-electron chi connectivity index (χ3n) is 1.47. The number of rotatable bonds is 5. The molecule has 0 radical (unpaired) electrons. The first-order chi connectivity index (χ1) is 6.65. The van der Waals surface area contributed by atoms with Crippen molar-refractivity contribution in [2.45, 2.75) is 19.4 Å². The van der Waals surface area contributed by atoms with Crippen LogP contribution in [-0.4, -0.2) is 25.1 Å².